The number of benzene rings is 5. The van der Waals surface area contributed by atoms with Crippen molar-refractivity contribution < 1.29 is 0 Å². The van der Waals surface area contributed by atoms with E-state index in [4.69, 9.17) is 0 Å². The molecule has 1 aromatic heterocycles. The molecule has 0 amide bonds. The molecule has 0 fully saturated rings. The Morgan fingerprint density at radius 1 is 0.467 bits per heavy atom. The van der Waals surface area contributed by atoms with Crippen molar-refractivity contribution >= 4 is 59.3 Å². The Labute approximate surface area is 179 Å². The summed E-state index contributed by atoms with van der Waals surface area (Å²) in [6, 6.07) is 41.2. The first-order valence-electron chi connectivity index (χ1n) is 10.1. The van der Waals surface area contributed by atoms with Gasteiger partial charge in [0.05, 0.1) is 0 Å². The molecule has 142 valence electrons. The standard InChI is InChI=1S/C28H19NS/c1-3-10-21(11-4-1)29(22-12-5-2-6-13-22)23-16-18-26-25(19-23)28-24-14-8-7-9-20(24)15-17-27(28)30-26/h1-19H. The molecule has 1 heterocycles. The summed E-state index contributed by atoms with van der Waals surface area (Å²) >= 11 is 1.87. The van der Waals surface area contributed by atoms with Gasteiger partial charge in [-0.2, -0.15) is 0 Å². The van der Waals surface area contributed by atoms with Gasteiger partial charge in [0.25, 0.3) is 0 Å². The van der Waals surface area contributed by atoms with Crippen molar-refractivity contribution in [3.63, 3.8) is 0 Å². The number of rotatable bonds is 3. The Bertz CT molecular complexity index is 1440. The molecule has 0 aliphatic rings. The molecule has 0 aliphatic carbocycles. The maximum atomic E-state index is 2.35. The zero-order chi connectivity index (χ0) is 19.9. The minimum Gasteiger partial charge on any atom is -0.310 e. The Balaban J connectivity index is 1.64. The Morgan fingerprint density at radius 3 is 1.83 bits per heavy atom. The number of thiophene rings is 1. The molecule has 30 heavy (non-hydrogen) atoms. The van der Waals surface area contributed by atoms with Gasteiger partial charge >= 0.3 is 0 Å². The molecule has 0 N–H and O–H groups in total. The lowest BCUT2D eigenvalue weighted by Crippen LogP contribution is -2.09. The maximum absolute atomic E-state index is 2.35. The summed E-state index contributed by atoms with van der Waals surface area (Å²) in [5.41, 5.74) is 3.49. The van der Waals surface area contributed by atoms with Crippen molar-refractivity contribution in [1.82, 2.24) is 0 Å². The van der Waals surface area contributed by atoms with Gasteiger partial charge in [-0.05, 0) is 59.3 Å². The first kappa shape index (κ1) is 17.3. The molecule has 0 radical (unpaired) electrons. The van der Waals surface area contributed by atoms with Crippen LogP contribution in [0.3, 0.4) is 0 Å². The smallest absolute Gasteiger partial charge is 0.0468 e. The van der Waals surface area contributed by atoms with Gasteiger partial charge < -0.3 is 4.90 Å². The summed E-state index contributed by atoms with van der Waals surface area (Å²) in [4.78, 5) is 2.33. The fourth-order valence-corrected chi connectivity index (χ4v) is 5.38. The first-order valence-corrected chi connectivity index (χ1v) is 10.9. The Hall–Kier alpha value is -3.62. The van der Waals surface area contributed by atoms with Crippen LogP contribution < -0.4 is 4.90 Å². The second-order valence-electron chi connectivity index (χ2n) is 7.45. The van der Waals surface area contributed by atoms with Gasteiger partial charge in [0, 0.05) is 37.2 Å². The Morgan fingerprint density at radius 2 is 1.10 bits per heavy atom. The number of para-hydroxylation sites is 2. The third-order valence-electron chi connectivity index (χ3n) is 5.63. The molecule has 6 aromatic rings. The summed E-state index contributed by atoms with van der Waals surface area (Å²) in [6.45, 7) is 0. The monoisotopic (exact) mass is 401 g/mol. The minimum absolute atomic E-state index is 1.16. The van der Waals surface area contributed by atoms with Crippen LogP contribution in [0, 0.1) is 0 Å². The zero-order valence-corrected chi connectivity index (χ0v) is 17.1. The molecule has 0 unspecified atom stereocenters. The van der Waals surface area contributed by atoms with E-state index in [1.807, 2.05) is 11.3 Å². The normalized spacial score (nSPS) is 11.3. The van der Waals surface area contributed by atoms with Crippen LogP contribution in [0.2, 0.25) is 0 Å². The van der Waals surface area contributed by atoms with Crippen LogP contribution in [-0.4, -0.2) is 0 Å². The highest BCUT2D eigenvalue weighted by atomic mass is 32.1. The van der Waals surface area contributed by atoms with Crippen LogP contribution in [0.15, 0.2) is 115 Å². The summed E-state index contributed by atoms with van der Waals surface area (Å²) < 4.78 is 2.66. The van der Waals surface area contributed by atoms with Gasteiger partial charge in [-0.15, -0.1) is 11.3 Å². The van der Waals surface area contributed by atoms with E-state index in [1.165, 1.54) is 36.6 Å². The van der Waals surface area contributed by atoms with E-state index in [0.717, 1.165) is 11.4 Å². The highest BCUT2D eigenvalue weighted by Gasteiger charge is 2.15. The SMILES string of the molecule is c1ccc(N(c2ccccc2)c2ccc3sc4ccc5ccccc5c4c3c2)cc1. The molecule has 0 saturated carbocycles. The van der Waals surface area contributed by atoms with E-state index < -0.39 is 0 Å². The summed E-state index contributed by atoms with van der Waals surface area (Å²) in [7, 11) is 0. The van der Waals surface area contributed by atoms with Crippen molar-refractivity contribution in [3.05, 3.63) is 115 Å². The lowest BCUT2D eigenvalue weighted by atomic mass is 10.0. The van der Waals surface area contributed by atoms with Gasteiger partial charge in [0.15, 0.2) is 0 Å². The second kappa shape index (κ2) is 7.01. The van der Waals surface area contributed by atoms with Crippen molar-refractivity contribution in [2.75, 3.05) is 4.90 Å². The predicted molar refractivity (Wildman–Crippen MR) is 132 cm³/mol. The molecular formula is C28H19NS. The molecule has 0 aliphatic heterocycles. The molecule has 0 bridgehead atoms. The highest BCUT2D eigenvalue weighted by Crippen LogP contribution is 2.42. The molecule has 2 heteroatoms. The average Bonchev–Trinajstić information content (AvgIpc) is 3.19. The summed E-state index contributed by atoms with van der Waals surface area (Å²) in [5.74, 6) is 0. The number of anilines is 3. The molecule has 5 aromatic carbocycles. The molecule has 0 spiro atoms. The zero-order valence-electron chi connectivity index (χ0n) is 16.3. The van der Waals surface area contributed by atoms with E-state index in [-0.39, 0.29) is 0 Å². The summed E-state index contributed by atoms with van der Waals surface area (Å²) in [6.07, 6.45) is 0. The van der Waals surface area contributed by atoms with E-state index >= 15 is 0 Å². The first-order chi connectivity index (χ1) is 14.9. The van der Waals surface area contributed by atoms with Gasteiger partial charge in [-0.25, -0.2) is 0 Å². The number of nitrogens with zero attached hydrogens (tertiary/aromatic N) is 1. The van der Waals surface area contributed by atoms with Crippen molar-refractivity contribution in [1.29, 1.82) is 0 Å². The molecule has 0 saturated heterocycles. The predicted octanol–water partition coefficient (Wildman–Crippen LogP) is 8.68. The number of hydrogen-bond donors (Lipinski definition) is 0. The third kappa shape index (κ3) is 2.77. The fourth-order valence-electron chi connectivity index (χ4n) is 4.28. The largest absolute Gasteiger partial charge is 0.310 e. The molecular weight excluding hydrogens is 382 g/mol. The number of hydrogen-bond acceptors (Lipinski definition) is 2. The molecule has 1 nitrogen and oxygen atoms in total. The van der Waals surface area contributed by atoms with E-state index in [1.54, 1.807) is 0 Å². The maximum Gasteiger partial charge on any atom is 0.0468 e. The second-order valence-corrected chi connectivity index (χ2v) is 8.53. The highest BCUT2D eigenvalue weighted by molar-refractivity contribution is 7.26. The van der Waals surface area contributed by atoms with E-state index in [0.29, 0.717) is 0 Å². The molecule has 6 rings (SSSR count). The van der Waals surface area contributed by atoms with Gasteiger partial charge in [-0.3, -0.25) is 0 Å². The topological polar surface area (TPSA) is 3.24 Å². The van der Waals surface area contributed by atoms with Crippen LogP contribution in [-0.2, 0) is 0 Å². The van der Waals surface area contributed by atoms with E-state index in [2.05, 4.69) is 120 Å². The van der Waals surface area contributed by atoms with Gasteiger partial charge in [0.1, 0.15) is 0 Å². The fraction of sp³-hybridized carbons (Fsp3) is 0. The van der Waals surface area contributed by atoms with Crippen LogP contribution in [0.1, 0.15) is 0 Å². The van der Waals surface area contributed by atoms with Gasteiger partial charge in [0.2, 0.25) is 0 Å². The van der Waals surface area contributed by atoms with Crippen LogP contribution in [0.5, 0.6) is 0 Å². The van der Waals surface area contributed by atoms with Crippen LogP contribution >= 0.6 is 11.3 Å². The summed E-state index contributed by atoms with van der Waals surface area (Å²) in [5, 5.41) is 5.29. The van der Waals surface area contributed by atoms with Gasteiger partial charge in [-0.1, -0.05) is 66.7 Å². The lowest BCUT2D eigenvalue weighted by molar-refractivity contribution is 1.29. The lowest BCUT2D eigenvalue weighted by Gasteiger charge is -2.25. The Kier molecular flexibility index (Phi) is 4.03. The minimum atomic E-state index is 1.16. The molecule has 0 atom stereocenters. The third-order valence-corrected chi connectivity index (χ3v) is 6.77. The van der Waals surface area contributed by atoms with Crippen molar-refractivity contribution in [2.24, 2.45) is 0 Å². The van der Waals surface area contributed by atoms with Crippen molar-refractivity contribution in [2.45, 2.75) is 0 Å². The van der Waals surface area contributed by atoms with E-state index in [9.17, 15) is 0 Å². The van der Waals surface area contributed by atoms with Crippen LogP contribution in [0.25, 0.3) is 30.9 Å². The van der Waals surface area contributed by atoms with Crippen molar-refractivity contribution in [3.8, 4) is 0 Å². The quantitative estimate of drug-likeness (QED) is 0.287. The number of fused-ring (bicyclic) bond motifs is 5. The average molecular weight is 402 g/mol. The van der Waals surface area contributed by atoms with Crippen LogP contribution in [0.4, 0.5) is 17.1 Å².